The molecule has 0 saturated carbocycles. The average molecular weight is 322 g/mol. The Morgan fingerprint density at radius 3 is 1.18 bits per heavy atom. The molecule has 0 amide bonds. The molecule has 0 bridgehead atoms. The molecule has 0 radical (unpaired) electrons. The zero-order valence-corrected chi connectivity index (χ0v) is 10.7. The van der Waals surface area contributed by atoms with Crippen molar-refractivity contribution in [2.24, 2.45) is 0 Å². The first kappa shape index (κ1) is 16.0. The van der Waals surface area contributed by atoms with E-state index in [1.807, 2.05) is 0 Å². The fourth-order valence-corrected chi connectivity index (χ4v) is 1.81. The molecule has 0 fully saturated rings. The summed E-state index contributed by atoms with van der Waals surface area (Å²) in [5.41, 5.74) is -0.334. The lowest BCUT2D eigenvalue weighted by atomic mass is 10.0. The van der Waals surface area contributed by atoms with Crippen LogP contribution >= 0.6 is 0 Å². The predicted molar refractivity (Wildman–Crippen MR) is 65.2 cm³/mol. The molecule has 0 heterocycles. The molecule has 0 spiro atoms. The number of ether oxygens (including phenoxy) is 2. The Kier molecular flexibility index (Phi) is 4.20. The minimum Gasteiger partial charge on any atom is -0.405 e. The van der Waals surface area contributed by atoms with Gasteiger partial charge in [0.05, 0.1) is 0 Å². The number of benzene rings is 2. The molecule has 0 aliphatic heterocycles. The van der Waals surface area contributed by atoms with Crippen LogP contribution < -0.4 is 9.47 Å². The standard InChI is InChI=1S/C14H8F6O2/c15-13(16,17)21-11-7-3-1-5-9(11)10-6-2-4-8-12(10)22-14(18,19)20/h1-8H. The van der Waals surface area contributed by atoms with Crippen LogP contribution in [0.15, 0.2) is 48.5 Å². The molecule has 0 aliphatic carbocycles. The number of rotatable bonds is 3. The van der Waals surface area contributed by atoms with Gasteiger partial charge in [-0.3, -0.25) is 0 Å². The van der Waals surface area contributed by atoms with Crippen LogP contribution in [-0.4, -0.2) is 12.7 Å². The van der Waals surface area contributed by atoms with Gasteiger partial charge in [0, 0.05) is 11.1 Å². The fourth-order valence-electron chi connectivity index (χ4n) is 1.81. The molecule has 2 aromatic rings. The molecular weight excluding hydrogens is 314 g/mol. The Morgan fingerprint density at radius 2 is 0.864 bits per heavy atom. The smallest absolute Gasteiger partial charge is 0.405 e. The number of hydrogen-bond donors (Lipinski definition) is 0. The van der Waals surface area contributed by atoms with Crippen molar-refractivity contribution in [2.75, 3.05) is 0 Å². The van der Waals surface area contributed by atoms with Gasteiger partial charge in [-0.25, -0.2) is 0 Å². The normalized spacial score (nSPS) is 12.1. The number of alkyl halides is 6. The number of para-hydroxylation sites is 2. The van der Waals surface area contributed by atoms with E-state index in [9.17, 15) is 26.3 Å². The highest BCUT2D eigenvalue weighted by atomic mass is 19.4. The summed E-state index contributed by atoms with van der Waals surface area (Å²) in [4.78, 5) is 0. The SMILES string of the molecule is FC(F)(F)Oc1ccccc1-c1ccccc1OC(F)(F)F. The average Bonchev–Trinajstić information content (AvgIpc) is 2.36. The summed E-state index contributed by atoms with van der Waals surface area (Å²) in [7, 11) is 0. The highest BCUT2D eigenvalue weighted by Gasteiger charge is 2.34. The Hall–Kier alpha value is -2.38. The van der Waals surface area contributed by atoms with E-state index in [0.717, 1.165) is 12.1 Å². The van der Waals surface area contributed by atoms with Crippen LogP contribution in [0.5, 0.6) is 11.5 Å². The summed E-state index contributed by atoms with van der Waals surface area (Å²) >= 11 is 0. The van der Waals surface area contributed by atoms with Gasteiger partial charge < -0.3 is 9.47 Å². The summed E-state index contributed by atoms with van der Waals surface area (Å²) in [6, 6.07) is 9.74. The maximum atomic E-state index is 12.4. The Morgan fingerprint density at radius 1 is 0.545 bits per heavy atom. The second-order valence-electron chi connectivity index (χ2n) is 4.09. The molecule has 2 rings (SSSR count). The van der Waals surface area contributed by atoms with Crippen molar-refractivity contribution in [3.05, 3.63) is 48.5 Å². The number of halogens is 6. The molecule has 2 nitrogen and oxygen atoms in total. The van der Waals surface area contributed by atoms with Crippen molar-refractivity contribution in [1.82, 2.24) is 0 Å². The fraction of sp³-hybridized carbons (Fsp3) is 0.143. The largest absolute Gasteiger partial charge is 0.573 e. The first-order valence-electron chi connectivity index (χ1n) is 5.86. The first-order chi connectivity index (χ1) is 10.2. The summed E-state index contributed by atoms with van der Waals surface area (Å²) in [5.74, 6) is -1.23. The van der Waals surface area contributed by atoms with E-state index in [1.165, 1.54) is 36.4 Å². The van der Waals surface area contributed by atoms with Crippen molar-refractivity contribution >= 4 is 0 Å². The summed E-state index contributed by atoms with van der Waals surface area (Å²) in [6.07, 6.45) is -9.92. The van der Waals surface area contributed by atoms with Crippen molar-refractivity contribution in [3.8, 4) is 22.6 Å². The van der Waals surface area contributed by atoms with Crippen molar-refractivity contribution in [1.29, 1.82) is 0 Å². The van der Waals surface area contributed by atoms with Gasteiger partial charge in [0.15, 0.2) is 0 Å². The summed E-state index contributed by atoms with van der Waals surface area (Å²) in [5, 5.41) is 0. The molecular formula is C14H8F6O2. The Labute approximate surface area is 120 Å². The Balaban J connectivity index is 2.49. The van der Waals surface area contributed by atoms with Crippen LogP contribution in [-0.2, 0) is 0 Å². The number of hydrogen-bond acceptors (Lipinski definition) is 2. The molecule has 0 aromatic heterocycles. The van der Waals surface area contributed by atoms with Crippen molar-refractivity contribution < 1.29 is 35.8 Å². The van der Waals surface area contributed by atoms with Gasteiger partial charge in [0.1, 0.15) is 11.5 Å². The zero-order valence-electron chi connectivity index (χ0n) is 10.7. The van der Waals surface area contributed by atoms with E-state index in [1.54, 1.807) is 0 Å². The minimum atomic E-state index is -4.96. The van der Waals surface area contributed by atoms with Gasteiger partial charge in [-0.2, -0.15) is 0 Å². The quantitative estimate of drug-likeness (QED) is 0.728. The van der Waals surface area contributed by atoms with Crippen molar-refractivity contribution in [3.63, 3.8) is 0 Å². The highest BCUT2D eigenvalue weighted by molar-refractivity contribution is 5.75. The molecule has 2 aromatic carbocycles. The lowest BCUT2D eigenvalue weighted by molar-refractivity contribution is -0.276. The van der Waals surface area contributed by atoms with Crippen LogP contribution in [0.3, 0.4) is 0 Å². The van der Waals surface area contributed by atoms with Gasteiger partial charge in [-0.05, 0) is 12.1 Å². The first-order valence-corrected chi connectivity index (χ1v) is 5.86. The molecule has 8 heteroatoms. The molecule has 118 valence electrons. The summed E-state index contributed by atoms with van der Waals surface area (Å²) in [6.45, 7) is 0. The lowest BCUT2D eigenvalue weighted by Gasteiger charge is -2.16. The third kappa shape index (κ3) is 4.31. The molecule has 22 heavy (non-hydrogen) atoms. The second-order valence-corrected chi connectivity index (χ2v) is 4.09. The zero-order chi connectivity index (χ0) is 16.4. The second kappa shape index (κ2) is 5.78. The van der Waals surface area contributed by atoms with Gasteiger partial charge in [-0.15, -0.1) is 26.3 Å². The Bertz CT molecular complexity index is 591. The van der Waals surface area contributed by atoms with Crippen LogP contribution in [0, 0.1) is 0 Å². The van der Waals surface area contributed by atoms with Crippen molar-refractivity contribution in [2.45, 2.75) is 12.7 Å². The third-order valence-electron chi connectivity index (χ3n) is 2.52. The van der Waals surface area contributed by atoms with E-state index < -0.39 is 24.2 Å². The van der Waals surface area contributed by atoms with Gasteiger partial charge in [-0.1, -0.05) is 36.4 Å². The van der Waals surface area contributed by atoms with E-state index in [2.05, 4.69) is 9.47 Å². The maximum Gasteiger partial charge on any atom is 0.573 e. The van der Waals surface area contributed by atoms with E-state index in [-0.39, 0.29) is 11.1 Å². The molecule has 0 unspecified atom stereocenters. The van der Waals surface area contributed by atoms with Crippen LogP contribution in [0.25, 0.3) is 11.1 Å². The molecule has 0 saturated heterocycles. The van der Waals surface area contributed by atoms with Crippen LogP contribution in [0.2, 0.25) is 0 Å². The highest BCUT2D eigenvalue weighted by Crippen LogP contribution is 2.39. The van der Waals surface area contributed by atoms with E-state index >= 15 is 0 Å². The van der Waals surface area contributed by atoms with E-state index in [4.69, 9.17) is 0 Å². The predicted octanol–water partition coefficient (Wildman–Crippen LogP) is 5.15. The molecule has 0 atom stereocenters. The van der Waals surface area contributed by atoms with Gasteiger partial charge in [0.2, 0.25) is 0 Å². The molecule has 0 N–H and O–H groups in total. The minimum absolute atomic E-state index is 0.167. The summed E-state index contributed by atoms with van der Waals surface area (Å²) < 4.78 is 81.9. The van der Waals surface area contributed by atoms with Gasteiger partial charge >= 0.3 is 12.7 Å². The van der Waals surface area contributed by atoms with Crippen LogP contribution in [0.4, 0.5) is 26.3 Å². The van der Waals surface area contributed by atoms with Gasteiger partial charge in [0.25, 0.3) is 0 Å². The molecule has 0 aliphatic rings. The lowest BCUT2D eigenvalue weighted by Crippen LogP contribution is -2.18. The topological polar surface area (TPSA) is 18.5 Å². The van der Waals surface area contributed by atoms with Crippen LogP contribution in [0.1, 0.15) is 0 Å². The monoisotopic (exact) mass is 322 g/mol. The maximum absolute atomic E-state index is 12.4. The third-order valence-corrected chi connectivity index (χ3v) is 2.52. The van der Waals surface area contributed by atoms with E-state index in [0.29, 0.717) is 0 Å².